The van der Waals surface area contributed by atoms with Crippen molar-refractivity contribution in [2.45, 2.75) is 50.4 Å². The first-order valence-corrected chi connectivity index (χ1v) is 8.76. The molecule has 1 aliphatic carbocycles. The van der Waals surface area contributed by atoms with Crippen molar-refractivity contribution in [1.82, 2.24) is 24.5 Å². The number of anilines is 1. The maximum absolute atomic E-state index is 12.8. The quantitative estimate of drug-likeness (QED) is 0.839. The van der Waals surface area contributed by atoms with Crippen molar-refractivity contribution in [3.8, 4) is 0 Å². The Bertz CT molecular complexity index is 750. The van der Waals surface area contributed by atoms with Crippen molar-refractivity contribution in [3.05, 3.63) is 30.2 Å². The minimum Gasteiger partial charge on any atom is -0.382 e. The fourth-order valence-electron chi connectivity index (χ4n) is 3.54. The third-order valence-electron chi connectivity index (χ3n) is 5.09. The zero-order valence-corrected chi connectivity index (χ0v) is 14.4. The zero-order valence-electron chi connectivity index (χ0n) is 14.4. The highest BCUT2D eigenvalue weighted by molar-refractivity contribution is 5.76. The summed E-state index contributed by atoms with van der Waals surface area (Å²) in [5, 5.41) is 8.57. The van der Waals surface area contributed by atoms with Crippen LogP contribution in [0, 0.1) is 0 Å². The Labute approximate surface area is 146 Å². The predicted octanol–water partition coefficient (Wildman–Crippen LogP) is 0.855. The number of nitrogen functional groups attached to an aromatic ring is 1. The molecule has 0 bridgehead atoms. The van der Waals surface area contributed by atoms with Crippen LogP contribution in [0.2, 0.25) is 0 Å². The molecular weight excluding hydrogens is 320 g/mol. The molecule has 134 valence electrons. The van der Waals surface area contributed by atoms with Crippen molar-refractivity contribution in [2.75, 3.05) is 19.4 Å². The van der Waals surface area contributed by atoms with E-state index in [1.54, 1.807) is 22.5 Å². The molecule has 8 heteroatoms. The molecule has 4 rings (SSSR count). The van der Waals surface area contributed by atoms with Gasteiger partial charge in [0.15, 0.2) is 0 Å². The molecule has 8 nitrogen and oxygen atoms in total. The van der Waals surface area contributed by atoms with E-state index in [-0.39, 0.29) is 24.6 Å². The van der Waals surface area contributed by atoms with Gasteiger partial charge >= 0.3 is 0 Å². The molecule has 1 amide bonds. The van der Waals surface area contributed by atoms with Gasteiger partial charge in [0.1, 0.15) is 12.4 Å². The molecule has 2 aromatic rings. The Hall–Kier alpha value is -2.35. The number of rotatable bonds is 6. The van der Waals surface area contributed by atoms with Crippen LogP contribution in [0.5, 0.6) is 0 Å². The number of ether oxygens (including phenoxy) is 1. The molecule has 2 N–H and O–H groups in total. The Morgan fingerprint density at radius 1 is 1.40 bits per heavy atom. The van der Waals surface area contributed by atoms with Crippen LogP contribution in [0.3, 0.4) is 0 Å². The summed E-state index contributed by atoms with van der Waals surface area (Å²) in [4.78, 5) is 14.7. The molecule has 1 saturated heterocycles. The topological polar surface area (TPSA) is 91.2 Å². The molecule has 3 heterocycles. The van der Waals surface area contributed by atoms with Crippen molar-refractivity contribution in [2.24, 2.45) is 0 Å². The van der Waals surface area contributed by atoms with E-state index in [2.05, 4.69) is 10.2 Å². The third-order valence-corrected chi connectivity index (χ3v) is 5.09. The van der Waals surface area contributed by atoms with Gasteiger partial charge in [-0.15, -0.1) is 0 Å². The molecule has 0 aromatic carbocycles. The van der Waals surface area contributed by atoms with Gasteiger partial charge in [-0.1, -0.05) is 0 Å². The number of methoxy groups -OCH3 is 1. The highest BCUT2D eigenvalue weighted by atomic mass is 16.5. The average molecular weight is 344 g/mol. The summed E-state index contributed by atoms with van der Waals surface area (Å²) in [6, 6.07) is 1.81. The highest BCUT2D eigenvalue weighted by Crippen LogP contribution is 2.39. The number of nitrogens with two attached hydrogens (primary N) is 1. The first-order chi connectivity index (χ1) is 12.1. The summed E-state index contributed by atoms with van der Waals surface area (Å²) in [5.74, 6) is 1.20. The SMILES string of the molecule is CO[C@@H]1C[C@@H](Cn2ccc(N)n2)N(C(=O)Cn2cc(C3CC3)cn2)C1. The van der Waals surface area contributed by atoms with Crippen LogP contribution in [0.4, 0.5) is 5.82 Å². The summed E-state index contributed by atoms with van der Waals surface area (Å²) < 4.78 is 9.03. The summed E-state index contributed by atoms with van der Waals surface area (Å²) in [6.45, 7) is 1.49. The molecule has 2 atom stereocenters. The second-order valence-corrected chi connectivity index (χ2v) is 7.00. The largest absolute Gasteiger partial charge is 0.382 e. The number of carbonyl (C=O) groups excluding carboxylic acids is 1. The van der Waals surface area contributed by atoms with Gasteiger partial charge in [-0.2, -0.15) is 10.2 Å². The third kappa shape index (κ3) is 3.53. The molecule has 2 aliphatic rings. The molecule has 2 fully saturated rings. The van der Waals surface area contributed by atoms with Gasteiger partial charge in [-0.05, 0) is 36.8 Å². The summed E-state index contributed by atoms with van der Waals surface area (Å²) in [5.41, 5.74) is 6.93. The van der Waals surface area contributed by atoms with E-state index in [0.717, 1.165) is 6.42 Å². The molecule has 2 aromatic heterocycles. The van der Waals surface area contributed by atoms with E-state index in [1.165, 1.54) is 18.4 Å². The number of likely N-dealkylation sites (tertiary alicyclic amines) is 1. The second-order valence-electron chi connectivity index (χ2n) is 7.00. The van der Waals surface area contributed by atoms with E-state index in [4.69, 9.17) is 10.5 Å². The van der Waals surface area contributed by atoms with Gasteiger partial charge in [0.05, 0.1) is 24.9 Å². The monoisotopic (exact) mass is 344 g/mol. The van der Waals surface area contributed by atoms with E-state index in [1.807, 2.05) is 23.5 Å². The standard InChI is InChI=1S/C17H24N6O2/c1-25-15-6-14(9-21-5-4-16(18)20-21)23(10-15)17(24)11-22-8-13(7-19-22)12-2-3-12/h4-5,7-8,12,14-15H,2-3,6,9-11H2,1H3,(H2,18,20)/t14-,15+/m0/s1. The highest BCUT2D eigenvalue weighted by Gasteiger charge is 2.36. The van der Waals surface area contributed by atoms with Crippen LogP contribution in [-0.4, -0.2) is 56.2 Å². The number of amides is 1. The number of nitrogens with zero attached hydrogens (tertiary/aromatic N) is 5. The minimum atomic E-state index is 0.0511. The maximum atomic E-state index is 12.8. The van der Waals surface area contributed by atoms with Gasteiger partial charge in [-0.25, -0.2) is 0 Å². The molecule has 1 saturated carbocycles. The summed E-state index contributed by atoms with van der Waals surface area (Å²) in [6.07, 6.45) is 9.05. The van der Waals surface area contributed by atoms with Crippen LogP contribution in [0.25, 0.3) is 0 Å². The van der Waals surface area contributed by atoms with Gasteiger partial charge in [-0.3, -0.25) is 14.2 Å². The van der Waals surface area contributed by atoms with Crippen LogP contribution in [0.15, 0.2) is 24.7 Å². The van der Waals surface area contributed by atoms with Gasteiger partial charge in [0.2, 0.25) is 5.91 Å². The summed E-state index contributed by atoms with van der Waals surface area (Å²) in [7, 11) is 1.69. The molecular formula is C17H24N6O2. The predicted molar refractivity (Wildman–Crippen MR) is 91.8 cm³/mol. The molecule has 0 spiro atoms. The number of hydrogen-bond donors (Lipinski definition) is 1. The van der Waals surface area contributed by atoms with Crippen molar-refractivity contribution < 1.29 is 9.53 Å². The zero-order chi connectivity index (χ0) is 17.4. The fourth-order valence-corrected chi connectivity index (χ4v) is 3.54. The first-order valence-electron chi connectivity index (χ1n) is 8.76. The smallest absolute Gasteiger partial charge is 0.244 e. The van der Waals surface area contributed by atoms with E-state index < -0.39 is 0 Å². The summed E-state index contributed by atoms with van der Waals surface area (Å²) >= 11 is 0. The van der Waals surface area contributed by atoms with E-state index in [9.17, 15) is 4.79 Å². The van der Waals surface area contributed by atoms with E-state index >= 15 is 0 Å². The molecule has 1 aliphatic heterocycles. The lowest BCUT2D eigenvalue weighted by atomic mass is 10.2. The van der Waals surface area contributed by atoms with Gasteiger partial charge in [0.25, 0.3) is 0 Å². The normalized spacial score (nSPS) is 23.3. The molecule has 0 unspecified atom stereocenters. The Morgan fingerprint density at radius 3 is 2.92 bits per heavy atom. The fraction of sp³-hybridized carbons (Fsp3) is 0.588. The average Bonchev–Trinajstić information content (AvgIpc) is 3.00. The Morgan fingerprint density at radius 2 is 2.24 bits per heavy atom. The van der Waals surface area contributed by atoms with Crippen molar-refractivity contribution in [3.63, 3.8) is 0 Å². The van der Waals surface area contributed by atoms with Crippen LogP contribution in [-0.2, 0) is 22.6 Å². The molecule has 25 heavy (non-hydrogen) atoms. The number of aromatic nitrogens is 4. The lowest BCUT2D eigenvalue weighted by molar-refractivity contribution is -0.133. The first kappa shape index (κ1) is 16.1. The maximum Gasteiger partial charge on any atom is 0.244 e. The Balaban J connectivity index is 1.43. The van der Waals surface area contributed by atoms with Gasteiger partial charge in [0, 0.05) is 26.0 Å². The van der Waals surface area contributed by atoms with E-state index in [0.29, 0.717) is 24.8 Å². The molecule has 0 radical (unpaired) electrons. The minimum absolute atomic E-state index is 0.0511. The van der Waals surface area contributed by atoms with Crippen LogP contribution >= 0.6 is 0 Å². The van der Waals surface area contributed by atoms with Crippen LogP contribution < -0.4 is 5.73 Å². The van der Waals surface area contributed by atoms with Crippen molar-refractivity contribution in [1.29, 1.82) is 0 Å². The Kier molecular flexibility index (Phi) is 4.20. The van der Waals surface area contributed by atoms with Crippen molar-refractivity contribution >= 4 is 11.7 Å². The number of hydrogen-bond acceptors (Lipinski definition) is 5. The lowest BCUT2D eigenvalue weighted by Crippen LogP contribution is -2.40. The number of carbonyl (C=O) groups is 1. The lowest BCUT2D eigenvalue weighted by Gasteiger charge is -2.24. The van der Waals surface area contributed by atoms with Crippen LogP contribution in [0.1, 0.15) is 30.7 Å². The van der Waals surface area contributed by atoms with Gasteiger partial charge < -0.3 is 15.4 Å². The second kappa shape index (κ2) is 6.51.